The van der Waals surface area contributed by atoms with Crippen LogP contribution in [0.2, 0.25) is 0 Å². The van der Waals surface area contributed by atoms with Gasteiger partial charge in [0.15, 0.2) is 0 Å². The molecule has 0 aliphatic carbocycles. The van der Waals surface area contributed by atoms with Crippen molar-refractivity contribution in [2.24, 2.45) is 0 Å². The maximum Gasteiger partial charge on any atom is 0.279 e. The van der Waals surface area contributed by atoms with Crippen molar-refractivity contribution in [3.8, 4) is 34.5 Å². The highest BCUT2D eigenvalue weighted by Gasteiger charge is 2.45. The lowest BCUT2D eigenvalue weighted by atomic mass is 9.33. The van der Waals surface area contributed by atoms with Gasteiger partial charge in [0.2, 0.25) is 5.88 Å². The number of pyridine rings is 1. The van der Waals surface area contributed by atoms with Crippen LogP contribution < -0.4 is 42.4 Å². The molecule has 0 bridgehead atoms. The maximum absolute atomic E-state index is 6.87. The van der Waals surface area contributed by atoms with Crippen LogP contribution in [-0.4, -0.2) is 27.5 Å². The van der Waals surface area contributed by atoms with E-state index >= 15 is 0 Å². The number of hydrogen-bond donors (Lipinski definition) is 0. The largest absolute Gasteiger partial charge is 0.457 e. The molecule has 0 spiro atoms. The van der Waals surface area contributed by atoms with Crippen LogP contribution in [0.15, 0.2) is 127 Å². The molecule has 0 amide bonds. The Bertz CT molecular complexity index is 2790. The third-order valence-electron chi connectivity index (χ3n) is 11.2. The first-order chi connectivity index (χ1) is 23.8. The van der Waals surface area contributed by atoms with Crippen LogP contribution in [-0.2, 0) is 0 Å². The standard InChI is InChI=1S/C41H21B2N3O2/c1-3-15-29-22(9-1)24-11-5-13-26-38(24)45(29)31-17-8-20-34-36(31)42(26)28-21-35-40(44-41(28)48-34)43-27-14-6-12-25-23-10-2-4-16-30(23)46(39(25)27)32-18-7-19-33(47-35)37(32)43/h1-21H. The van der Waals surface area contributed by atoms with Crippen LogP contribution in [0.3, 0.4) is 0 Å². The van der Waals surface area contributed by atoms with Gasteiger partial charge in [0.05, 0.1) is 16.6 Å². The molecule has 0 saturated carbocycles. The first-order valence-electron chi connectivity index (χ1n) is 16.5. The average molecular weight is 609 g/mol. The Labute approximate surface area is 274 Å². The van der Waals surface area contributed by atoms with Gasteiger partial charge in [-0.05, 0) is 69.8 Å². The molecule has 0 radical (unpaired) electrons. The van der Waals surface area contributed by atoms with Gasteiger partial charge in [-0.15, -0.1) is 0 Å². The van der Waals surface area contributed by atoms with E-state index in [1.807, 2.05) is 0 Å². The SMILES string of the molecule is c1cc2c3c(c1)-n1c4ccccc4c4cccc(c41)B3c1cc3c(nc1O2)B1c2c(cccc2-n2c4ccccc4c4cccc1c42)O3. The van der Waals surface area contributed by atoms with E-state index in [1.54, 1.807) is 0 Å². The second kappa shape index (κ2) is 8.01. The number of ether oxygens (including phenoxy) is 2. The topological polar surface area (TPSA) is 41.2 Å². The van der Waals surface area contributed by atoms with Crippen LogP contribution in [0.5, 0.6) is 23.1 Å². The molecule has 0 saturated heterocycles. The summed E-state index contributed by atoms with van der Waals surface area (Å²) in [5, 5.41) is 5.04. The highest BCUT2D eigenvalue weighted by atomic mass is 16.5. The van der Waals surface area contributed by atoms with E-state index < -0.39 is 0 Å². The van der Waals surface area contributed by atoms with Gasteiger partial charge in [0.25, 0.3) is 13.4 Å². The number of rotatable bonds is 0. The fourth-order valence-electron chi connectivity index (χ4n) is 9.49. The summed E-state index contributed by atoms with van der Waals surface area (Å²) in [5.41, 5.74) is 14.0. The lowest BCUT2D eigenvalue weighted by Crippen LogP contribution is -2.62. The summed E-state index contributed by atoms with van der Waals surface area (Å²) < 4.78 is 18.5. The van der Waals surface area contributed by atoms with Crippen molar-refractivity contribution < 1.29 is 9.47 Å². The Kier molecular flexibility index (Phi) is 4.01. The first kappa shape index (κ1) is 24.0. The lowest BCUT2D eigenvalue weighted by molar-refractivity contribution is 0.458. The lowest BCUT2D eigenvalue weighted by Gasteiger charge is -2.35. The summed E-state index contributed by atoms with van der Waals surface area (Å²) in [5.74, 6) is 3.21. The number of fused-ring (bicyclic) bond motifs is 14. The highest BCUT2D eigenvalue weighted by molar-refractivity contribution is 7.00. The van der Waals surface area contributed by atoms with Crippen molar-refractivity contribution in [3.63, 3.8) is 0 Å². The van der Waals surface area contributed by atoms with Crippen LogP contribution in [0, 0.1) is 0 Å². The zero-order valence-electron chi connectivity index (χ0n) is 25.4. The molecule has 3 aromatic heterocycles. The molecule has 7 heteroatoms. The van der Waals surface area contributed by atoms with Gasteiger partial charge in [0, 0.05) is 44.0 Å². The van der Waals surface area contributed by atoms with E-state index in [2.05, 4.69) is 137 Å². The second-order valence-electron chi connectivity index (χ2n) is 13.4. The van der Waals surface area contributed by atoms with E-state index in [0.717, 1.165) is 45.1 Å². The van der Waals surface area contributed by atoms with Crippen molar-refractivity contribution >= 4 is 89.9 Å². The van der Waals surface area contributed by atoms with Crippen LogP contribution in [0.25, 0.3) is 55.0 Å². The monoisotopic (exact) mass is 609 g/mol. The minimum atomic E-state index is -0.0839. The van der Waals surface area contributed by atoms with E-state index in [0.29, 0.717) is 5.88 Å². The van der Waals surface area contributed by atoms with Crippen LogP contribution in [0.1, 0.15) is 0 Å². The molecule has 4 aliphatic rings. The van der Waals surface area contributed by atoms with Crippen LogP contribution >= 0.6 is 0 Å². The molecule has 0 atom stereocenters. The molecule has 0 unspecified atom stereocenters. The van der Waals surface area contributed by atoms with Gasteiger partial charge in [-0.1, -0.05) is 84.9 Å². The van der Waals surface area contributed by atoms with Gasteiger partial charge in [0.1, 0.15) is 17.2 Å². The number of para-hydroxylation sites is 4. The van der Waals surface area contributed by atoms with Crippen molar-refractivity contribution in [3.05, 3.63) is 127 Å². The summed E-state index contributed by atoms with van der Waals surface area (Å²) in [7, 11) is 0. The third kappa shape index (κ3) is 2.60. The molecule has 7 heterocycles. The summed E-state index contributed by atoms with van der Waals surface area (Å²) in [4.78, 5) is 5.44. The molecule has 5 nitrogen and oxygen atoms in total. The number of aromatic nitrogens is 3. The number of nitrogens with zero attached hydrogens (tertiary/aromatic N) is 3. The Morgan fingerprint density at radius 1 is 0.458 bits per heavy atom. The van der Waals surface area contributed by atoms with Crippen molar-refractivity contribution in [1.82, 2.24) is 14.1 Å². The average Bonchev–Trinajstić information content (AvgIpc) is 3.66. The minimum Gasteiger partial charge on any atom is -0.457 e. The second-order valence-corrected chi connectivity index (χ2v) is 13.4. The van der Waals surface area contributed by atoms with Crippen LogP contribution in [0.4, 0.5) is 0 Å². The zero-order chi connectivity index (χ0) is 30.8. The fraction of sp³-hybridized carbons (Fsp3) is 0. The minimum absolute atomic E-state index is 0.0353. The summed E-state index contributed by atoms with van der Waals surface area (Å²) in [6.45, 7) is -0.119. The molecular weight excluding hydrogens is 588 g/mol. The predicted molar refractivity (Wildman–Crippen MR) is 195 cm³/mol. The Hall–Kier alpha value is -6.20. The fourth-order valence-corrected chi connectivity index (χ4v) is 9.49. The molecule has 4 aliphatic heterocycles. The molecule has 9 aromatic rings. The van der Waals surface area contributed by atoms with E-state index in [-0.39, 0.29) is 13.4 Å². The molecule has 48 heavy (non-hydrogen) atoms. The van der Waals surface area contributed by atoms with Gasteiger partial charge in [-0.3, -0.25) is 0 Å². The predicted octanol–water partition coefficient (Wildman–Crippen LogP) is 5.15. The quantitative estimate of drug-likeness (QED) is 0.224. The third-order valence-corrected chi connectivity index (χ3v) is 11.2. The van der Waals surface area contributed by atoms with E-state index in [9.17, 15) is 0 Å². The Balaban J connectivity index is 1.11. The van der Waals surface area contributed by atoms with Crippen molar-refractivity contribution in [2.45, 2.75) is 0 Å². The molecule has 13 rings (SSSR count). The van der Waals surface area contributed by atoms with E-state index in [1.165, 1.54) is 60.0 Å². The molecule has 218 valence electrons. The summed E-state index contributed by atoms with van der Waals surface area (Å²) in [6.07, 6.45) is 0. The normalized spacial score (nSPS) is 14.1. The van der Waals surface area contributed by atoms with Crippen molar-refractivity contribution in [1.29, 1.82) is 0 Å². The van der Waals surface area contributed by atoms with Gasteiger partial charge >= 0.3 is 0 Å². The molecule has 0 fully saturated rings. The van der Waals surface area contributed by atoms with Gasteiger partial charge < -0.3 is 18.6 Å². The van der Waals surface area contributed by atoms with E-state index in [4.69, 9.17) is 14.5 Å². The molecule has 0 N–H and O–H groups in total. The summed E-state index contributed by atoms with van der Waals surface area (Å²) in [6, 6.07) is 45.9. The van der Waals surface area contributed by atoms with Crippen molar-refractivity contribution in [2.75, 3.05) is 0 Å². The highest BCUT2D eigenvalue weighted by Crippen LogP contribution is 2.39. The smallest absolute Gasteiger partial charge is 0.279 e. The number of benzene rings is 6. The Morgan fingerprint density at radius 2 is 1.00 bits per heavy atom. The molecule has 6 aromatic carbocycles. The van der Waals surface area contributed by atoms with Gasteiger partial charge in [-0.25, -0.2) is 4.98 Å². The first-order valence-corrected chi connectivity index (χ1v) is 16.5. The number of hydrogen-bond acceptors (Lipinski definition) is 3. The summed E-state index contributed by atoms with van der Waals surface area (Å²) >= 11 is 0. The molecular formula is C41H21B2N3O2. The van der Waals surface area contributed by atoms with Gasteiger partial charge in [-0.2, -0.15) is 0 Å². The Morgan fingerprint density at radius 3 is 1.67 bits per heavy atom. The zero-order valence-corrected chi connectivity index (χ0v) is 25.4. The maximum atomic E-state index is 6.87.